The molecule has 6 nitrogen and oxygen atoms in total. The molecule has 2 aromatic rings. The number of nitro benzene ring substituents is 1. The normalized spacial score (nSPS) is 16.6. The highest BCUT2D eigenvalue weighted by Gasteiger charge is 2.20. The first-order chi connectivity index (χ1) is 9.24. The van der Waals surface area contributed by atoms with E-state index in [2.05, 4.69) is 10.3 Å². The number of fused-ring (bicyclic) bond motifs is 1. The molecule has 1 aliphatic heterocycles. The molecule has 1 N–H and O–H groups in total. The number of nitrogens with zero attached hydrogens (tertiary/aromatic N) is 2. The Balaban J connectivity index is 1.88. The number of rotatable bonds is 3. The molecule has 19 heavy (non-hydrogen) atoms. The lowest BCUT2D eigenvalue weighted by Gasteiger charge is -2.21. The second kappa shape index (κ2) is 5.08. The molecule has 0 saturated carbocycles. The fourth-order valence-corrected chi connectivity index (χ4v) is 3.27. The number of nitro groups is 1. The van der Waals surface area contributed by atoms with Crippen LogP contribution in [-0.4, -0.2) is 27.5 Å². The van der Waals surface area contributed by atoms with Crippen LogP contribution in [0.1, 0.15) is 12.8 Å². The van der Waals surface area contributed by atoms with Crippen molar-refractivity contribution in [3.8, 4) is 0 Å². The zero-order valence-corrected chi connectivity index (χ0v) is 11.0. The number of hydrogen-bond acceptors (Lipinski definition) is 6. The molecule has 0 atom stereocenters. The third-order valence-electron chi connectivity index (χ3n) is 3.14. The summed E-state index contributed by atoms with van der Waals surface area (Å²) in [6.45, 7) is 0. The second-order valence-electron chi connectivity index (χ2n) is 4.43. The summed E-state index contributed by atoms with van der Waals surface area (Å²) in [5.41, 5.74) is 0.732. The lowest BCUT2D eigenvalue weighted by molar-refractivity contribution is -0.383. The Kier molecular flexibility index (Phi) is 3.29. The van der Waals surface area contributed by atoms with Gasteiger partial charge in [-0.15, -0.1) is 0 Å². The van der Waals surface area contributed by atoms with Gasteiger partial charge in [0.2, 0.25) is 0 Å². The Morgan fingerprint density at radius 3 is 2.95 bits per heavy atom. The van der Waals surface area contributed by atoms with E-state index in [1.807, 2.05) is 11.8 Å². The standard InChI is InChI=1S/C12H13N3O3S/c16-15(17)9-2-1-3-10-11(9)14-12(18-10)13-8-4-6-19-7-5-8/h1-3,8H,4-7H2,(H,13,14). The zero-order valence-electron chi connectivity index (χ0n) is 10.2. The van der Waals surface area contributed by atoms with Crippen LogP contribution in [-0.2, 0) is 0 Å². The maximum atomic E-state index is 10.9. The number of anilines is 1. The Morgan fingerprint density at radius 1 is 1.42 bits per heavy atom. The first kappa shape index (κ1) is 12.3. The number of para-hydroxylation sites is 1. The molecular weight excluding hydrogens is 266 g/mol. The van der Waals surface area contributed by atoms with Crippen molar-refractivity contribution in [3.05, 3.63) is 28.3 Å². The van der Waals surface area contributed by atoms with Gasteiger partial charge in [-0.3, -0.25) is 10.1 Å². The number of oxazole rings is 1. The molecule has 0 radical (unpaired) electrons. The van der Waals surface area contributed by atoms with Crippen LogP contribution in [0.3, 0.4) is 0 Å². The highest BCUT2D eigenvalue weighted by Crippen LogP contribution is 2.28. The minimum absolute atomic E-state index is 0.0199. The van der Waals surface area contributed by atoms with Gasteiger partial charge in [-0.05, 0) is 30.4 Å². The van der Waals surface area contributed by atoms with Gasteiger partial charge in [-0.2, -0.15) is 16.7 Å². The molecule has 3 rings (SSSR count). The maximum absolute atomic E-state index is 10.9. The maximum Gasteiger partial charge on any atom is 0.298 e. The predicted octanol–water partition coefficient (Wildman–Crippen LogP) is 3.04. The smallest absolute Gasteiger partial charge is 0.298 e. The summed E-state index contributed by atoms with van der Waals surface area (Å²) in [7, 11) is 0. The summed E-state index contributed by atoms with van der Waals surface area (Å²) in [6, 6.07) is 5.45. The number of thioether (sulfide) groups is 1. The van der Waals surface area contributed by atoms with Crippen LogP contribution >= 0.6 is 11.8 Å². The molecule has 100 valence electrons. The predicted molar refractivity (Wildman–Crippen MR) is 74.6 cm³/mol. The Labute approximate surface area is 113 Å². The van der Waals surface area contributed by atoms with E-state index < -0.39 is 4.92 Å². The lowest BCUT2D eigenvalue weighted by Crippen LogP contribution is -2.24. The fourth-order valence-electron chi connectivity index (χ4n) is 2.16. The quantitative estimate of drug-likeness (QED) is 0.687. The minimum Gasteiger partial charge on any atom is -0.423 e. The van der Waals surface area contributed by atoms with Gasteiger partial charge in [-0.25, -0.2) is 0 Å². The molecule has 0 amide bonds. The van der Waals surface area contributed by atoms with E-state index in [0.717, 1.165) is 24.3 Å². The van der Waals surface area contributed by atoms with E-state index in [9.17, 15) is 10.1 Å². The molecule has 0 spiro atoms. The van der Waals surface area contributed by atoms with Crippen molar-refractivity contribution in [1.82, 2.24) is 4.98 Å². The first-order valence-electron chi connectivity index (χ1n) is 6.12. The third-order valence-corrected chi connectivity index (χ3v) is 4.19. The molecular formula is C12H13N3O3S. The van der Waals surface area contributed by atoms with Gasteiger partial charge in [0.1, 0.15) is 0 Å². The number of nitrogens with one attached hydrogen (secondary N) is 1. The Morgan fingerprint density at radius 2 is 2.21 bits per heavy atom. The van der Waals surface area contributed by atoms with Gasteiger partial charge in [0.15, 0.2) is 11.1 Å². The van der Waals surface area contributed by atoms with Crippen LogP contribution in [0.4, 0.5) is 11.7 Å². The molecule has 1 aromatic carbocycles. The van der Waals surface area contributed by atoms with Crippen LogP contribution in [0, 0.1) is 10.1 Å². The molecule has 2 heterocycles. The summed E-state index contributed by atoms with van der Waals surface area (Å²) in [5, 5.41) is 14.1. The minimum atomic E-state index is -0.439. The molecule has 0 unspecified atom stereocenters. The second-order valence-corrected chi connectivity index (χ2v) is 5.66. The van der Waals surface area contributed by atoms with E-state index in [1.165, 1.54) is 6.07 Å². The van der Waals surface area contributed by atoms with Crippen molar-refractivity contribution in [2.75, 3.05) is 16.8 Å². The van der Waals surface area contributed by atoms with E-state index in [1.54, 1.807) is 12.1 Å². The average molecular weight is 279 g/mol. The van der Waals surface area contributed by atoms with Crippen molar-refractivity contribution < 1.29 is 9.34 Å². The molecule has 1 aromatic heterocycles. The van der Waals surface area contributed by atoms with E-state index in [-0.39, 0.29) is 5.69 Å². The average Bonchev–Trinajstić information content (AvgIpc) is 2.81. The molecule has 7 heteroatoms. The SMILES string of the molecule is O=[N+]([O-])c1cccc2oc(NC3CCSCC3)nc12. The van der Waals surface area contributed by atoms with Gasteiger partial charge in [-0.1, -0.05) is 6.07 Å². The van der Waals surface area contributed by atoms with E-state index in [4.69, 9.17) is 4.42 Å². The number of non-ortho nitro benzene ring substituents is 1. The lowest BCUT2D eigenvalue weighted by atomic mass is 10.2. The fraction of sp³-hybridized carbons (Fsp3) is 0.417. The topological polar surface area (TPSA) is 81.2 Å². The van der Waals surface area contributed by atoms with Gasteiger partial charge in [0.25, 0.3) is 11.7 Å². The number of benzene rings is 1. The van der Waals surface area contributed by atoms with Crippen LogP contribution in [0.25, 0.3) is 11.1 Å². The van der Waals surface area contributed by atoms with E-state index in [0.29, 0.717) is 23.2 Å². The van der Waals surface area contributed by atoms with E-state index >= 15 is 0 Å². The van der Waals surface area contributed by atoms with Crippen molar-refractivity contribution in [2.24, 2.45) is 0 Å². The van der Waals surface area contributed by atoms with Crippen molar-refractivity contribution in [2.45, 2.75) is 18.9 Å². The van der Waals surface area contributed by atoms with Gasteiger partial charge >= 0.3 is 0 Å². The highest BCUT2D eigenvalue weighted by atomic mass is 32.2. The molecule has 1 aliphatic rings. The monoisotopic (exact) mass is 279 g/mol. The van der Waals surface area contributed by atoms with Crippen LogP contribution in [0.15, 0.2) is 22.6 Å². The molecule has 0 aliphatic carbocycles. The van der Waals surface area contributed by atoms with Crippen molar-refractivity contribution >= 4 is 34.6 Å². The highest BCUT2D eigenvalue weighted by molar-refractivity contribution is 7.99. The van der Waals surface area contributed by atoms with Gasteiger partial charge in [0.05, 0.1) is 4.92 Å². The summed E-state index contributed by atoms with van der Waals surface area (Å²) in [4.78, 5) is 14.7. The first-order valence-corrected chi connectivity index (χ1v) is 7.28. The van der Waals surface area contributed by atoms with Crippen LogP contribution in [0.2, 0.25) is 0 Å². The number of aromatic nitrogens is 1. The van der Waals surface area contributed by atoms with Crippen molar-refractivity contribution in [1.29, 1.82) is 0 Å². The van der Waals surface area contributed by atoms with Gasteiger partial charge in [0, 0.05) is 12.1 Å². The number of hydrogen-bond donors (Lipinski definition) is 1. The summed E-state index contributed by atoms with van der Waals surface area (Å²) in [5.74, 6) is 2.25. The molecule has 1 saturated heterocycles. The summed E-state index contributed by atoms with van der Waals surface area (Å²) >= 11 is 1.94. The third kappa shape index (κ3) is 2.51. The van der Waals surface area contributed by atoms with Crippen molar-refractivity contribution in [3.63, 3.8) is 0 Å². The molecule has 1 fully saturated rings. The van der Waals surface area contributed by atoms with Crippen LogP contribution in [0.5, 0.6) is 0 Å². The Hall–Kier alpha value is -1.76. The van der Waals surface area contributed by atoms with Gasteiger partial charge < -0.3 is 9.73 Å². The largest absolute Gasteiger partial charge is 0.423 e. The zero-order chi connectivity index (χ0) is 13.2. The van der Waals surface area contributed by atoms with Crippen LogP contribution < -0.4 is 5.32 Å². The summed E-state index contributed by atoms with van der Waals surface area (Å²) in [6.07, 6.45) is 2.12. The molecule has 0 bridgehead atoms. The Bertz CT molecular complexity index is 607. The summed E-state index contributed by atoms with van der Waals surface area (Å²) < 4.78 is 5.53.